The van der Waals surface area contributed by atoms with Crippen molar-refractivity contribution in [1.82, 2.24) is 20.4 Å². The molecular weight excluding hydrogens is 516 g/mol. The van der Waals surface area contributed by atoms with Gasteiger partial charge in [-0.15, -0.1) is 10.2 Å². The molecule has 9 nitrogen and oxygen atoms in total. The van der Waals surface area contributed by atoms with Crippen LogP contribution in [0.1, 0.15) is 79.2 Å². The minimum Gasteiger partial charge on any atom is -0.425 e. The summed E-state index contributed by atoms with van der Waals surface area (Å²) < 4.78 is 5.99. The summed E-state index contributed by atoms with van der Waals surface area (Å²) in [6.07, 6.45) is 13.2. The second kappa shape index (κ2) is 11.8. The molecule has 1 saturated heterocycles. The first-order valence-corrected chi connectivity index (χ1v) is 14.4. The lowest BCUT2D eigenvalue weighted by atomic mass is 9.75. The molecule has 4 unspecified atom stereocenters. The Bertz CT molecular complexity index is 1460. The van der Waals surface area contributed by atoms with Crippen molar-refractivity contribution in [3.8, 4) is 6.07 Å². The molecule has 214 valence electrons. The van der Waals surface area contributed by atoms with E-state index in [0.717, 1.165) is 36.8 Å². The maximum Gasteiger partial charge on any atom is 0.248 e. The summed E-state index contributed by atoms with van der Waals surface area (Å²) in [5.41, 5.74) is 10.0. The molecule has 0 bridgehead atoms. The van der Waals surface area contributed by atoms with Gasteiger partial charge < -0.3 is 20.4 Å². The number of benzene rings is 1. The van der Waals surface area contributed by atoms with E-state index in [9.17, 15) is 14.9 Å². The topological polar surface area (TPSA) is 138 Å². The van der Waals surface area contributed by atoms with E-state index in [1.54, 1.807) is 17.9 Å². The van der Waals surface area contributed by atoms with Crippen molar-refractivity contribution in [3.63, 3.8) is 0 Å². The van der Waals surface area contributed by atoms with Gasteiger partial charge in [0.05, 0.1) is 18.0 Å². The summed E-state index contributed by atoms with van der Waals surface area (Å²) in [6, 6.07) is 7.78. The van der Waals surface area contributed by atoms with Gasteiger partial charge in [-0.2, -0.15) is 5.26 Å². The molecular formula is C32H38N6O3. The average Bonchev–Trinajstić information content (AvgIpc) is 3.48. The SMILES string of the molecule is CC1=C(CCc2cc(C(N)=O)ccc2C(C)(CCNCC(=O)N2C(C#N)CC3CC32)c2nnc(C)o2)CC=CC=C1. The van der Waals surface area contributed by atoms with E-state index < -0.39 is 11.3 Å². The fourth-order valence-corrected chi connectivity index (χ4v) is 6.28. The number of rotatable bonds is 11. The van der Waals surface area contributed by atoms with E-state index in [0.29, 0.717) is 42.6 Å². The molecule has 1 aliphatic heterocycles. The first-order valence-electron chi connectivity index (χ1n) is 14.4. The molecule has 5 rings (SSSR count). The number of carbonyl (C=O) groups excluding carboxylic acids is 2. The van der Waals surface area contributed by atoms with E-state index in [1.165, 1.54) is 11.1 Å². The number of nitrogens with zero attached hydrogens (tertiary/aromatic N) is 4. The van der Waals surface area contributed by atoms with Crippen molar-refractivity contribution < 1.29 is 14.0 Å². The lowest BCUT2D eigenvalue weighted by molar-refractivity contribution is -0.131. The number of carbonyl (C=O) groups is 2. The molecule has 2 fully saturated rings. The fraction of sp³-hybridized carbons (Fsp3) is 0.469. The number of primary amides is 1. The van der Waals surface area contributed by atoms with Crippen LogP contribution in [0.3, 0.4) is 0 Å². The van der Waals surface area contributed by atoms with Gasteiger partial charge in [0.25, 0.3) is 0 Å². The van der Waals surface area contributed by atoms with E-state index in [2.05, 4.69) is 59.7 Å². The van der Waals surface area contributed by atoms with Crippen LogP contribution in [-0.4, -0.2) is 52.1 Å². The van der Waals surface area contributed by atoms with Crippen LogP contribution < -0.4 is 11.1 Å². The van der Waals surface area contributed by atoms with Gasteiger partial charge in [-0.1, -0.05) is 41.5 Å². The molecule has 9 heteroatoms. The molecule has 3 aliphatic rings. The largest absolute Gasteiger partial charge is 0.425 e. The van der Waals surface area contributed by atoms with E-state index in [4.69, 9.17) is 10.2 Å². The highest BCUT2D eigenvalue weighted by Crippen LogP contribution is 2.47. The molecule has 2 aromatic rings. The normalized spacial score (nSPS) is 22.7. The molecule has 0 spiro atoms. The van der Waals surface area contributed by atoms with E-state index in [1.807, 2.05) is 12.1 Å². The quantitative estimate of drug-likeness (QED) is 0.400. The maximum atomic E-state index is 13.0. The zero-order chi connectivity index (χ0) is 29.1. The van der Waals surface area contributed by atoms with Gasteiger partial charge in [-0.3, -0.25) is 9.59 Å². The van der Waals surface area contributed by atoms with Gasteiger partial charge in [0.15, 0.2) is 0 Å². The van der Waals surface area contributed by atoms with Crippen molar-refractivity contribution >= 4 is 11.8 Å². The summed E-state index contributed by atoms with van der Waals surface area (Å²) in [5.74, 6) is 0.937. The van der Waals surface area contributed by atoms with Crippen molar-refractivity contribution in [2.75, 3.05) is 13.1 Å². The van der Waals surface area contributed by atoms with Gasteiger partial charge in [0.2, 0.25) is 23.6 Å². The number of likely N-dealkylation sites (tertiary alicyclic amines) is 1. The van der Waals surface area contributed by atoms with Gasteiger partial charge in [0.1, 0.15) is 6.04 Å². The Morgan fingerprint density at radius 3 is 2.78 bits per heavy atom. The summed E-state index contributed by atoms with van der Waals surface area (Å²) in [4.78, 5) is 26.9. The lowest BCUT2D eigenvalue weighted by Gasteiger charge is -2.30. The van der Waals surface area contributed by atoms with E-state index >= 15 is 0 Å². The van der Waals surface area contributed by atoms with Gasteiger partial charge in [-0.05, 0) is 88.1 Å². The molecule has 2 amide bonds. The smallest absolute Gasteiger partial charge is 0.248 e. The van der Waals surface area contributed by atoms with Crippen LogP contribution in [-0.2, 0) is 16.6 Å². The number of allylic oxidation sites excluding steroid dienone is 6. The van der Waals surface area contributed by atoms with Crippen LogP contribution in [0.25, 0.3) is 0 Å². The Labute approximate surface area is 241 Å². The van der Waals surface area contributed by atoms with Crippen LogP contribution in [0.5, 0.6) is 0 Å². The summed E-state index contributed by atoms with van der Waals surface area (Å²) in [7, 11) is 0. The summed E-state index contributed by atoms with van der Waals surface area (Å²) >= 11 is 0. The average molecular weight is 555 g/mol. The first kappa shape index (κ1) is 28.5. The van der Waals surface area contributed by atoms with Crippen molar-refractivity contribution in [2.45, 2.75) is 76.8 Å². The maximum absolute atomic E-state index is 13.0. The third-order valence-corrected chi connectivity index (χ3v) is 8.81. The number of aryl methyl sites for hydroxylation is 2. The Kier molecular flexibility index (Phi) is 8.22. The number of hydrogen-bond donors (Lipinski definition) is 2. The number of nitrogens with one attached hydrogen (secondary N) is 1. The number of nitrogens with two attached hydrogens (primary N) is 1. The highest BCUT2D eigenvalue weighted by Gasteiger charge is 2.53. The van der Waals surface area contributed by atoms with Crippen molar-refractivity contribution in [3.05, 3.63) is 82.1 Å². The fourth-order valence-electron chi connectivity index (χ4n) is 6.28. The molecule has 3 N–H and O–H groups in total. The second-order valence-corrected chi connectivity index (χ2v) is 11.6. The Morgan fingerprint density at radius 1 is 1.22 bits per heavy atom. The zero-order valence-electron chi connectivity index (χ0n) is 24.0. The molecule has 1 aromatic heterocycles. The van der Waals surface area contributed by atoms with Crippen molar-refractivity contribution in [1.29, 1.82) is 5.26 Å². The van der Waals surface area contributed by atoms with Crippen molar-refractivity contribution in [2.24, 2.45) is 11.7 Å². The number of hydrogen-bond acceptors (Lipinski definition) is 7. The first-order chi connectivity index (χ1) is 19.7. The van der Waals surface area contributed by atoms with Crippen LogP contribution in [0, 0.1) is 24.2 Å². The Hall–Kier alpha value is -4.03. The molecule has 4 atom stereocenters. The zero-order valence-corrected chi connectivity index (χ0v) is 24.0. The number of piperidine rings is 1. The number of aromatic nitrogens is 2. The molecule has 2 aliphatic carbocycles. The second-order valence-electron chi connectivity index (χ2n) is 11.6. The van der Waals surface area contributed by atoms with E-state index in [-0.39, 0.29) is 24.5 Å². The van der Waals surface area contributed by atoms with Crippen LogP contribution in [0.15, 0.2) is 58.1 Å². The predicted octanol–water partition coefficient (Wildman–Crippen LogP) is 4.04. The highest BCUT2D eigenvalue weighted by molar-refractivity contribution is 5.93. The van der Waals surface area contributed by atoms with Crippen LogP contribution in [0.2, 0.25) is 0 Å². The summed E-state index contributed by atoms with van der Waals surface area (Å²) in [5, 5.41) is 21.3. The molecule has 0 radical (unpaired) electrons. The monoisotopic (exact) mass is 554 g/mol. The van der Waals surface area contributed by atoms with Gasteiger partial charge >= 0.3 is 0 Å². The Morgan fingerprint density at radius 2 is 2.05 bits per heavy atom. The van der Waals surface area contributed by atoms with Gasteiger partial charge in [0, 0.05) is 18.5 Å². The third kappa shape index (κ3) is 6.03. The number of nitriles is 1. The number of fused-ring (bicyclic) bond motifs is 1. The molecule has 1 saturated carbocycles. The predicted molar refractivity (Wildman–Crippen MR) is 155 cm³/mol. The third-order valence-electron chi connectivity index (χ3n) is 8.81. The number of amides is 2. The van der Waals surface area contributed by atoms with Gasteiger partial charge in [-0.25, -0.2) is 0 Å². The minimum absolute atomic E-state index is 0.0291. The standard InChI is InChI=1S/C32H38N6O3/c1-20-7-5-4-6-8-22(20)9-10-23-15-24(30(34)40)11-12-27(23)32(3,31-37-36-21(2)41-31)13-14-35-19-29(39)38-26(18-33)16-25-17-28(25)38/h4-7,11-12,15,25-26,28,35H,8-10,13-14,16-17,19H2,1-3H3,(H2,34,40). The minimum atomic E-state index is -0.681. The van der Waals surface area contributed by atoms with Crippen LogP contribution >= 0.6 is 0 Å². The Balaban J connectivity index is 1.37. The molecule has 2 heterocycles. The summed E-state index contributed by atoms with van der Waals surface area (Å²) in [6.45, 7) is 6.64. The molecule has 1 aromatic carbocycles. The molecule has 41 heavy (non-hydrogen) atoms. The highest BCUT2D eigenvalue weighted by atomic mass is 16.4. The lowest BCUT2D eigenvalue weighted by Crippen LogP contribution is -2.43. The van der Waals surface area contributed by atoms with Crippen LogP contribution in [0.4, 0.5) is 0 Å².